The Balaban J connectivity index is 3.65. The third-order valence-corrected chi connectivity index (χ3v) is 4.90. The van der Waals surface area contributed by atoms with E-state index >= 15 is 0 Å². The molecule has 0 aromatic rings. The molecule has 0 N–H and O–H groups in total. The normalized spacial score (nSPS) is 12.0. The number of rotatable bonds is 4. The first kappa shape index (κ1) is 14.4. The van der Waals surface area contributed by atoms with Crippen LogP contribution in [-0.4, -0.2) is 24.7 Å². The standard InChI is InChI=1S/C6H6Br2I2O3/c7-1-2-12-6(11)13-3-4(9)5(8)10/h1-3H2/b5-4-. The van der Waals surface area contributed by atoms with Crippen LogP contribution < -0.4 is 0 Å². The highest BCUT2D eigenvalue weighted by Gasteiger charge is 2.05. The molecule has 0 fully saturated rings. The zero-order chi connectivity index (χ0) is 10.3. The molecule has 0 aliphatic rings. The summed E-state index contributed by atoms with van der Waals surface area (Å²) in [5.74, 6) is 0. The lowest BCUT2D eigenvalue weighted by Crippen LogP contribution is -2.09. The lowest BCUT2D eigenvalue weighted by atomic mass is 10.7. The van der Waals surface area contributed by atoms with Crippen molar-refractivity contribution in [3.63, 3.8) is 0 Å². The van der Waals surface area contributed by atoms with Gasteiger partial charge in [-0.05, 0) is 61.1 Å². The summed E-state index contributed by atoms with van der Waals surface area (Å²) in [5.41, 5.74) is 0. The van der Waals surface area contributed by atoms with Gasteiger partial charge in [-0.3, -0.25) is 0 Å². The maximum atomic E-state index is 10.8. The highest BCUT2D eigenvalue weighted by atomic mass is 127. The molecule has 7 heteroatoms. The maximum absolute atomic E-state index is 10.8. The molecule has 0 atom stereocenters. The number of hydrogen-bond donors (Lipinski definition) is 0. The van der Waals surface area contributed by atoms with Crippen molar-refractivity contribution < 1.29 is 14.3 Å². The number of ether oxygens (including phenoxy) is 2. The van der Waals surface area contributed by atoms with Gasteiger partial charge in [0, 0.05) is 8.91 Å². The molecular weight excluding hydrogens is 534 g/mol. The van der Waals surface area contributed by atoms with Crippen molar-refractivity contribution in [3.8, 4) is 0 Å². The second-order valence-corrected chi connectivity index (χ2v) is 7.19. The summed E-state index contributed by atoms with van der Waals surface area (Å²) in [6, 6.07) is 0. The minimum Gasteiger partial charge on any atom is -0.433 e. The molecule has 0 radical (unpaired) electrons. The van der Waals surface area contributed by atoms with Crippen molar-refractivity contribution in [3.05, 3.63) is 6.07 Å². The SMILES string of the molecule is O=C(OCCBr)OC/C(I)=C(\Br)I. The van der Waals surface area contributed by atoms with Crippen LogP contribution in [0.3, 0.4) is 0 Å². The lowest BCUT2D eigenvalue weighted by molar-refractivity contribution is 0.0680. The maximum Gasteiger partial charge on any atom is 0.508 e. The van der Waals surface area contributed by atoms with Crippen LogP contribution in [0.5, 0.6) is 0 Å². The number of hydrogen-bond acceptors (Lipinski definition) is 3. The topological polar surface area (TPSA) is 35.5 Å². The fraction of sp³-hybridized carbons (Fsp3) is 0.500. The summed E-state index contributed by atoms with van der Waals surface area (Å²) in [6.45, 7) is 0.565. The van der Waals surface area contributed by atoms with Gasteiger partial charge < -0.3 is 9.47 Å². The molecule has 0 unspecified atom stereocenters. The average molecular weight is 540 g/mol. The molecule has 0 aliphatic carbocycles. The first-order valence-electron chi connectivity index (χ1n) is 3.13. The van der Waals surface area contributed by atoms with Crippen molar-refractivity contribution in [2.24, 2.45) is 0 Å². The van der Waals surface area contributed by atoms with Gasteiger partial charge in [-0.15, -0.1) is 0 Å². The van der Waals surface area contributed by atoms with E-state index in [-0.39, 0.29) is 6.61 Å². The molecule has 0 spiro atoms. The lowest BCUT2D eigenvalue weighted by Gasteiger charge is -2.04. The van der Waals surface area contributed by atoms with Crippen LogP contribution in [0.2, 0.25) is 0 Å². The summed E-state index contributed by atoms with van der Waals surface area (Å²) in [4.78, 5) is 10.8. The first-order chi connectivity index (χ1) is 6.07. The molecule has 0 saturated heterocycles. The quantitative estimate of drug-likeness (QED) is 0.308. The molecular formula is C6H6Br2I2O3. The van der Waals surface area contributed by atoms with Crippen molar-refractivity contribution >= 4 is 83.2 Å². The van der Waals surface area contributed by atoms with E-state index in [0.717, 1.165) is 6.07 Å². The van der Waals surface area contributed by atoms with E-state index in [1.807, 2.05) is 0 Å². The fourth-order valence-corrected chi connectivity index (χ4v) is 0.928. The second-order valence-electron chi connectivity index (χ2n) is 1.74. The monoisotopic (exact) mass is 538 g/mol. The summed E-state index contributed by atoms with van der Waals surface area (Å²) in [6.07, 6.45) is -0.640. The van der Waals surface area contributed by atoms with E-state index in [4.69, 9.17) is 4.74 Å². The van der Waals surface area contributed by atoms with Crippen molar-refractivity contribution in [1.29, 1.82) is 0 Å². The number of carbonyl (C=O) groups is 1. The fourth-order valence-electron chi connectivity index (χ4n) is 0.340. The van der Waals surface area contributed by atoms with E-state index in [0.29, 0.717) is 11.9 Å². The van der Waals surface area contributed by atoms with Crippen LogP contribution >= 0.6 is 77.0 Å². The smallest absolute Gasteiger partial charge is 0.433 e. The van der Waals surface area contributed by atoms with Gasteiger partial charge in [0.1, 0.15) is 13.2 Å². The zero-order valence-electron chi connectivity index (χ0n) is 6.36. The Labute approximate surface area is 121 Å². The van der Waals surface area contributed by atoms with Crippen LogP contribution in [0.25, 0.3) is 0 Å². The van der Waals surface area contributed by atoms with Gasteiger partial charge in [0.2, 0.25) is 0 Å². The second kappa shape index (κ2) is 8.72. The summed E-state index contributed by atoms with van der Waals surface area (Å²) in [7, 11) is 0. The Morgan fingerprint density at radius 1 is 1.31 bits per heavy atom. The Hall–Kier alpha value is 1.43. The first-order valence-corrected chi connectivity index (χ1v) is 7.20. The molecule has 0 saturated carbocycles. The van der Waals surface area contributed by atoms with Gasteiger partial charge >= 0.3 is 6.16 Å². The molecule has 0 aromatic carbocycles. The molecule has 13 heavy (non-hydrogen) atoms. The minimum atomic E-state index is -0.640. The molecule has 0 aliphatic heterocycles. The molecule has 0 aromatic heterocycles. The largest absolute Gasteiger partial charge is 0.508 e. The van der Waals surface area contributed by atoms with Crippen LogP contribution in [0.4, 0.5) is 4.79 Å². The van der Waals surface area contributed by atoms with Crippen LogP contribution in [0.15, 0.2) is 6.07 Å². The van der Waals surface area contributed by atoms with Gasteiger partial charge in [0.05, 0.1) is 2.49 Å². The molecule has 0 rings (SSSR count). The van der Waals surface area contributed by atoms with Crippen LogP contribution in [0.1, 0.15) is 0 Å². The molecule has 0 heterocycles. The van der Waals surface area contributed by atoms with Crippen LogP contribution in [0, 0.1) is 0 Å². The third-order valence-electron chi connectivity index (χ3n) is 0.819. The predicted molar refractivity (Wildman–Crippen MR) is 75.1 cm³/mol. The third kappa shape index (κ3) is 8.43. The average Bonchev–Trinajstić information content (AvgIpc) is 2.10. The van der Waals surface area contributed by atoms with Gasteiger partial charge in [0.25, 0.3) is 0 Å². The van der Waals surface area contributed by atoms with E-state index in [1.54, 1.807) is 0 Å². The predicted octanol–water partition coefficient (Wildman–Crippen LogP) is 3.97. The van der Waals surface area contributed by atoms with Gasteiger partial charge in [-0.1, -0.05) is 15.9 Å². The zero-order valence-corrected chi connectivity index (χ0v) is 13.8. The van der Waals surface area contributed by atoms with Gasteiger partial charge in [0.15, 0.2) is 0 Å². The van der Waals surface area contributed by atoms with Gasteiger partial charge in [-0.2, -0.15) is 0 Å². The summed E-state index contributed by atoms with van der Waals surface area (Å²) in [5, 5.41) is 0.616. The van der Waals surface area contributed by atoms with Crippen molar-refractivity contribution in [2.45, 2.75) is 0 Å². The molecule has 3 nitrogen and oxygen atoms in total. The highest BCUT2D eigenvalue weighted by Crippen LogP contribution is 2.24. The van der Waals surface area contributed by atoms with Crippen molar-refractivity contribution in [2.75, 3.05) is 18.5 Å². The van der Waals surface area contributed by atoms with E-state index in [1.165, 1.54) is 0 Å². The molecule has 0 amide bonds. The molecule has 76 valence electrons. The highest BCUT2D eigenvalue weighted by molar-refractivity contribution is 14.1. The van der Waals surface area contributed by atoms with Crippen molar-refractivity contribution in [1.82, 2.24) is 0 Å². The van der Waals surface area contributed by atoms with Crippen LogP contribution in [-0.2, 0) is 9.47 Å². The number of halogens is 4. The Bertz CT molecular complexity index is 204. The molecule has 0 bridgehead atoms. The van der Waals surface area contributed by atoms with E-state index < -0.39 is 6.16 Å². The summed E-state index contributed by atoms with van der Waals surface area (Å²) < 4.78 is 11.3. The van der Waals surface area contributed by atoms with E-state index in [9.17, 15) is 4.79 Å². The Morgan fingerprint density at radius 2 is 1.92 bits per heavy atom. The Morgan fingerprint density at radius 3 is 2.38 bits per heavy atom. The van der Waals surface area contributed by atoms with Gasteiger partial charge in [-0.25, -0.2) is 4.79 Å². The summed E-state index contributed by atoms with van der Waals surface area (Å²) >= 11 is 10.6. The minimum absolute atomic E-state index is 0.241. The number of carbonyl (C=O) groups excluding carboxylic acids is 1. The Kier molecular flexibility index (Phi) is 9.67. The van der Waals surface area contributed by atoms with E-state index in [2.05, 4.69) is 81.8 Å². The number of alkyl halides is 1.